The molecule has 1 aromatic carbocycles. The number of nitrogens with zero attached hydrogens (tertiary/aromatic N) is 1. The number of hydrogen-bond donors (Lipinski definition) is 0. The maximum atomic E-state index is 12.6. The van der Waals surface area contributed by atoms with Gasteiger partial charge in [-0.2, -0.15) is 0 Å². The molecule has 0 saturated heterocycles. The molecule has 0 aliphatic heterocycles. The second-order valence-electron chi connectivity index (χ2n) is 4.78. The molecular weight excluding hydrogens is 344 g/mol. The highest BCUT2D eigenvalue weighted by Crippen LogP contribution is 2.35. The molecule has 0 bridgehead atoms. The summed E-state index contributed by atoms with van der Waals surface area (Å²) < 4.78 is 31.0. The van der Waals surface area contributed by atoms with Gasteiger partial charge in [-0.15, -0.1) is 11.3 Å². The molecule has 124 valence electrons. The number of alkyl halides is 2. The minimum Gasteiger partial charge on any atom is -0.383 e. The predicted octanol–water partition coefficient (Wildman–Crippen LogP) is 4.31. The van der Waals surface area contributed by atoms with E-state index in [0.29, 0.717) is 5.02 Å². The van der Waals surface area contributed by atoms with E-state index in [4.69, 9.17) is 16.3 Å². The smallest absolute Gasteiger partial charge is 0.255 e. The van der Waals surface area contributed by atoms with Crippen molar-refractivity contribution in [1.29, 1.82) is 0 Å². The molecule has 0 fully saturated rings. The third kappa shape index (κ3) is 4.73. The number of ether oxygens (including phenoxy) is 1. The Hall–Kier alpha value is -1.50. The molecule has 0 N–H and O–H groups in total. The Labute approximate surface area is 142 Å². The number of carbonyl (C=O) groups excluding carboxylic acids is 1. The number of hydrogen-bond acceptors (Lipinski definition) is 3. The number of benzene rings is 1. The van der Waals surface area contributed by atoms with Crippen molar-refractivity contribution in [3.05, 3.63) is 40.2 Å². The summed E-state index contributed by atoms with van der Waals surface area (Å²) in [4.78, 5) is 13.9. The molecule has 0 spiro atoms. The van der Waals surface area contributed by atoms with E-state index in [2.05, 4.69) is 0 Å². The van der Waals surface area contributed by atoms with E-state index >= 15 is 0 Å². The van der Waals surface area contributed by atoms with Crippen LogP contribution in [0.3, 0.4) is 0 Å². The Kier molecular flexibility index (Phi) is 6.50. The van der Waals surface area contributed by atoms with Crippen molar-refractivity contribution < 1.29 is 18.3 Å². The van der Waals surface area contributed by atoms with Crippen LogP contribution in [-0.2, 0) is 9.53 Å². The van der Waals surface area contributed by atoms with Gasteiger partial charge in [-0.1, -0.05) is 29.8 Å². The summed E-state index contributed by atoms with van der Waals surface area (Å²) >= 11 is 7.73. The fourth-order valence-electron chi connectivity index (χ4n) is 2.05. The standard InChI is InChI=1S/C16H16ClF2NO2S/c1-22-9-8-20(10-14(18)19)15(21)7-6-13-16(17)11-4-2-3-5-12(11)23-13/h2-7,14H,8-10H2,1H3/b7-6+. The average Bonchev–Trinajstić information content (AvgIpc) is 2.85. The molecule has 0 aliphatic rings. The van der Waals surface area contributed by atoms with Crippen LogP contribution >= 0.6 is 22.9 Å². The number of amides is 1. The topological polar surface area (TPSA) is 29.5 Å². The Morgan fingerprint density at radius 3 is 2.83 bits per heavy atom. The van der Waals surface area contributed by atoms with Crippen LogP contribution in [0.4, 0.5) is 8.78 Å². The van der Waals surface area contributed by atoms with Crippen LogP contribution in [-0.4, -0.2) is 44.0 Å². The van der Waals surface area contributed by atoms with Crippen LogP contribution in [0, 0.1) is 0 Å². The molecule has 2 rings (SSSR count). The summed E-state index contributed by atoms with van der Waals surface area (Å²) in [5.74, 6) is -0.490. The van der Waals surface area contributed by atoms with Gasteiger partial charge in [0.25, 0.3) is 6.43 Å². The first-order chi connectivity index (χ1) is 11.0. The molecule has 0 saturated carbocycles. The first-order valence-corrected chi connectivity index (χ1v) is 8.13. The summed E-state index contributed by atoms with van der Waals surface area (Å²) in [6, 6.07) is 7.62. The third-order valence-electron chi connectivity index (χ3n) is 3.17. The van der Waals surface area contributed by atoms with Gasteiger partial charge in [-0.05, 0) is 12.1 Å². The van der Waals surface area contributed by atoms with Crippen molar-refractivity contribution in [2.75, 3.05) is 26.8 Å². The molecule has 1 amide bonds. The van der Waals surface area contributed by atoms with Gasteiger partial charge >= 0.3 is 0 Å². The first kappa shape index (κ1) is 17.8. The van der Waals surface area contributed by atoms with Crippen LogP contribution in [0.15, 0.2) is 30.3 Å². The minimum absolute atomic E-state index is 0.115. The lowest BCUT2D eigenvalue weighted by atomic mass is 10.2. The van der Waals surface area contributed by atoms with E-state index in [9.17, 15) is 13.6 Å². The number of thiophene rings is 1. The average molecular weight is 360 g/mol. The van der Waals surface area contributed by atoms with Gasteiger partial charge in [-0.3, -0.25) is 4.79 Å². The highest BCUT2D eigenvalue weighted by molar-refractivity contribution is 7.20. The zero-order valence-corrected chi connectivity index (χ0v) is 14.0. The predicted molar refractivity (Wildman–Crippen MR) is 90.3 cm³/mol. The van der Waals surface area contributed by atoms with E-state index in [0.717, 1.165) is 19.9 Å². The summed E-state index contributed by atoms with van der Waals surface area (Å²) in [6.07, 6.45) is 0.256. The highest BCUT2D eigenvalue weighted by Gasteiger charge is 2.16. The zero-order valence-electron chi connectivity index (χ0n) is 12.5. The molecule has 1 heterocycles. The molecule has 0 unspecified atom stereocenters. The number of halogens is 3. The van der Waals surface area contributed by atoms with Crippen LogP contribution < -0.4 is 0 Å². The minimum atomic E-state index is -2.59. The molecule has 0 aliphatic carbocycles. The quantitative estimate of drug-likeness (QED) is 0.689. The molecular formula is C16H16ClF2NO2S. The van der Waals surface area contributed by atoms with E-state index in [-0.39, 0.29) is 13.2 Å². The van der Waals surface area contributed by atoms with E-state index in [1.54, 1.807) is 6.08 Å². The molecule has 0 atom stereocenters. The molecule has 1 aromatic heterocycles. The normalized spacial score (nSPS) is 11.7. The van der Waals surface area contributed by atoms with Gasteiger partial charge in [-0.25, -0.2) is 8.78 Å². The second-order valence-corrected chi connectivity index (χ2v) is 6.24. The van der Waals surface area contributed by atoms with Gasteiger partial charge in [0.15, 0.2) is 0 Å². The van der Waals surface area contributed by atoms with Crippen molar-refractivity contribution >= 4 is 45.0 Å². The third-order valence-corrected chi connectivity index (χ3v) is 4.83. The number of fused-ring (bicyclic) bond motifs is 1. The summed E-state index contributed by atoms with van der Waals surface area (Å²) in [5.41, 5.74) is 0. The van der Waals surface area contributed by atoms with Crippen molar-refractivity contribution in [2.24, 2.45) is 0 Å². The summed E-state index contributed by atoms with van der Waals surface area (Å²) in [6.45, 7) is -0.299. The molecule has 3 nitrogen and oxygen atoms in total. The molecule has 2 aromatic rings. The summed E-state index contributed by atoms with van der Waals surface area (Å²) in [5, 5.41) is 1.47. The maximum absolute atomic E-state index is 12.6. The fraction of sp³-hybridized carbons (Fsp3) is 0.312. The van der Waals surface area contributed by atoms with Gasteiger partial charge in [0, 0.05) is 34.7 Å². The lowest BCUT2D eigenvalue weighted by molar-refractivity contribution is -0.128. The summed E-state index contributed by atoms with van der Waals surface area (Å²) in [7, 11) is 1.46. The van der Waals surface area contributed by atoms with Crippen molar-refractivity contribution in [1.82, 2.24) is 4.90 Å². The maximum Gasteiger partial charge on any atom is 0.255 e. The lowest BCUT2D eigenvalue weighted by Gasteiger charge is -2.20. The zero-order chi connectivity index (χ0) is 16.8. The van der Waals surface area contributed by atoms with E-state index in [1.807, 2.05) is 24.3 Å². The molecule has 0 radical (unpaired) electrons. The van der Waals surface area contributed by atoms with Crippen molar-refractivity contribution in [2.45, 2.75) is 6.43 Å². The van der Waals surface area contributed by atoms with Crippen LogP contribution in [0.5, 0.6) is 0 Å². The van der Waals surface area contributed by atoms with E-state index in [1.165, 1.54) is 24.5 Å². The first-order valence-electron chi connectivity index (χ1n) is 6.94. The fourth-order valence-corrected chi connectivity index (χ4v) is 3.45. The molecule has 23 heavy (non-hydrogen) atoms. The second kappa shape index (κ2) is 8.38. The van der Waals surface area contributed by atoms with Gasteiger partial charge in [0.1, 0.15) is 0 Å². The Bertz CT molecular complexity index is 702. The lowest BCUT2D eigenvalue weighted by Crippen LogP contribution is -2.36. The Balaban J connectivity index is 2.15. The van der Waals surface area contributed by atoms with Crippen molar-refractivity contribution in [3.63, 3.8) is 0 Å². The monoisotopic (exact) mass is 359 g/mol. The Morgan fingerprint density at radius 1 is 1.43 bits per heavy atom. The highest BCUT2D eigenvalue weighted by atomic mass is 35.5. The van der Waals surface area contributed by atoms with Gasteiger partial charge in [0.2, 0.25) is 5.91 Å². The van der Waals surface area contributed by atoms with Gasteiger partial charge in [0.05, 0.1) is 18.2 Å². The van der Waals surface area contributed by atoms with E-state index < -0.39 is 18.9 Å². The van der Waals surface area contributed by atoms with Crippen LogP contribution in [0.25, 0.3) is 16.2 Å². The number of methoxy groups -OCH3 is 1. The number of rotatable bonds is 7. The SMILES string of the molecule is COCCN(CC(F)F)C(=O)/C=C/c1sc2ccccc2c1Cl. The largest absolute Gasteiger partial charge is 0.383 e. The van der Waals surface area contributed by atoms with Crippen molar-refractivity contribution in [3.8, 4) is 0 Å². The molecule has 7 heteroatoms. The Morgan fingerprint density at radius 2 is 2.17 bits per heavy atom. The van der Waals surface area contributed by atoms with Crippen LogP contribution in [0.2, 0.25) is 5.02 Å². The number of carbonyl (C=O) groups is 1. The van der Waals surface area contributed by atoms with Crippen LogP contribution in [0.1, 0.15) is 4.88 Å². The van der Waals surface area contributed by atoms with Gasteiger partial charge < -0.3 is 9.64 Å².